The number of aromatic nitrogens is 2. The number of anilines is 2. The van der Waals surface area contributed by atoms with Crippen LogP contribution in [0.4, 0.5) is 29.2 Å². The summed E-state index contributed by atoms with van der Waals surface area (Å²) in [6, 6.07) is 4.86. The summed E-state index contributed by atoms with van der Waals surface area (Å²) in [6.07, 6.45) is -0.929. The molecule has 196 valence electrons. The fourth-order valence-electron chi connectivity index (χ4n) is 4.65. The number of likely N-dealkylation sites (tertiary alicyclic amines) is 1. The van der Waals surface area contributed by atoms with Gasteiger partial charge in [-0.3, -0.25) is 9.69 Å². The van der Waals surface area contributed by atoms with Crippen LogP contribution in [0, 0.1) is 11.7 Å². The molecule has 1 amide bonds. The Labute approximate surface area is 206 Å². The number of amides is 1. The Morgan fingerprint density at radius 1 is 1.25 bits per heavy atom. The van der Waals surface area contributed by atoms with Gasteiger partial charge in [0.15, 0.2) is 11.6 Å². The molecule has 2 aliphatic rings. The summed E-state index contributed by atoms with van der Waals surface area (Å²) >= 11 is 0. The monoisotopic (exact) mass is 510 g/mol. The second kappa shape index (κ2) is 10.2. The molecule has 0 unspecified atom stereocenters. The molecule has 8 nitrogen and oxygen atoms in total. The number of primary amides is 1. The van der Waals surface area contributed by atoms with Crippen LogP contribution in [0.15, 0.2) is 30.6 Å². The number of aliphatic hydroxyl groups is 1. The number of nitrogens with two attached hydrogens (primary N) is 1. The zero-order valence-electron chi connectivity index (χ0n) is 19.9. The molecule has 2 aromatic rings. The van der Waals surface area contributed by atoms with Gasteiger partial charge in [0.05, 0.1) is 17.7 Å². The molecule has 2 atom stereocenters. The molecule has 1 saturated carbocycles. The SMILES string of the molecule is C[C@@]1(O)CN(CC(N)=O)CC[C@@H]1CNc1ncnc(N(Cc2ccc(C(F)(F)F)cc2)C2CC2)c1F. The van der Waals surface area contributed by atoms with E-state index in [9.17, 15) is 23.1 Å². The van der Waals surface area contributed by atoms with Crippen molar-refractivity contribution in [1.82, 2.24) is 14.9 Å². The van der Waals surface area contributed by atoms with Gasteiger partial charge in [-0.1, -0.05) is 12.1 Å². The van der Waals surface area contributed by atoms with Crippen LogP contribution >= 0.6 is 0 Å². The van der Waals surface area contributed by atoms with E-state index in [2.05, 4.69) is 15.3 Å². The summed E-state index contributed by atoms with van der Waals surface area (Å²) in [6.45, 7) is 3.05. The Hall–Kier alpha value is -2.99. The van der Waals surface area contributed by atoms with Crippen LogP contribution in [0.3, 0.4) is 0 Å². The Morgan fingerprint density at radius 2 is 1.94 bits per heavy atom. The van der Waals surface area contributed by atoms with Crippen LogP contribution < -0.4 is 16.0 Å². The van der Waals surface area contributed by atoms with E-state index in [0.29, 0.717) is 18.5 Å². The van der Waals surface area contributed by atoms with E-state index in [0.717, 1.165) is 25.0 Å². The standard InChI is InChI=1S/C24H30F4N6O2/c1-23(36)13-33(12-19(29)35)9-8-17(23)10-30-21-20(25)22(32-14-31-21)34(18-6-7-18)11-15-2-4-16(5-3-15)24(26,27)28/h2-5,14,17-18,36H,6-13H2,1H3,(H2,29,35)(H,30,31,32)/t17-,23-/m1/s1. The van der Waals surface area contributed by atoms with Crippen molar-refractivity contribution in [1.29, 1.82) is 0 Å². The number of hydrogen-bond acceptors (Lipinski definition) is 7. The van der Waals surface area contributed by atoms with Crippen molar-refractivity contribution in [3.63, 3.8) is 0 Å². The predicted octanol–water partition coefficient (Wildman–Crippen LogP) is 2.77. The molecule has 2 fully saturated rings. The van der Waals surface area contributed by atoms with Crippen LogP contribution in [0.25, 0.3) is 0 Å². The quantitative estimate of drug-likeness (QED) is 0.446. The van der Waals surface area contributed by atoms with Crippen molar-refractivity contribution in [3.8, 4) is 0 Å². The molecule has 1 saturated heterocycles. The first-order valence-electron chi connectivity index (χ1n) is 11.8. The van der Waals surface area contributed by atoms with E-state index in [1.807, 2.05) is 0 Å². The summed E-state index contributed by atoms with van der Waals surface area (Å²) in [5.41, 5.74) is 4.02. The number of carbonyl (C=O) groups is 1. The number of alkyl halides is 3. The molecule has 4 rings (SSSR count). The molecule has 12 heteroatoms. The largest absolute Gasteiger partial charge is 0.416 e. The molecule has 36 heavy (non-hydrogen) atoms. The second-order valence-electron chi connectivity index (χ2n) is 9.81. The minimum Gasteiger partial charge on any atom is -0.388 e. The summed E-state index contributed by atoms with van der Waals surface area (Å²) in [5.74, 6) is -1.26. The third kappa shape index (κ3) is 6.22. The summed E-state index contributed by atoms with van der Waals surface area (Å²) in [7, 11) is 0. The molecule has 1 aliphatic carbocycles. The molecule has 1 aromatic carbocycles. The minimum absolute atomic E-state index is 0.00608. The minimum atomic E-state index is -4.42. The van der Waals surface area contributed by atoms with E-state index in [-0.39, 0.29) is 49.8 Å². The van der Waals surface area contributed by atoms with Crippen LogP contribution in [0.5, 0.6) is 0 Å². The predicted molar refractivity (Wildman–Crippen MR) is 125 cm³/mol. The van der Waals surface area contributed by atoms with E-state index >= 15 is 4.39 Å². The Morgan fingerprint density at radius 3 is 2.53 bits per heavy atom. The van der Waals surface area contributed by atoms with Gasteiger partial charge in [-0.05, 0) is 50.4 Å². The Kier molecular flexibility index (Phi) is 7.37. The number of benzene rings is 1. The van der Waals surface area contributed by atoms with E-state index in [4.69, 9.17) is 5.73 Å². The highest BCUT2D eigenvalue weighted by molar-refractivity contribution is 5.75. The zero-order valence-corrected chi connectivity index (χ0v) is 19.9. The maximum Gasteiger partial charge on any atom is 0.416 e. The number of carbonyl (C=O) groups excluding carboxylic acids is 1. The molecule has 1 aliphatic heterocycles. The number of nitrogens with zero attached hydrogens (tertiary/aromatic N) is 4. The van der Waals surface area contributed by atoms with Gasteiger partial charge in [-0.25, -0.2) is 9.97 Å². The maximum atomic E-state index is 15.5. The summed E-state index contributed by atoms with van der Waals surface area (Å²) in [5, 5.41) is 13.9. The molecule has 4 N–H and O–H groups in total. The molecular formula is C24H30F4N6O2. The molecule has 0 spiro atoms. The van der Waals surface area contributed by atoms with Crippen molar-refractivity contribution < 1.29 is 27.5 Å². The first-order chi connectivity index (χ1) is 16.9. The summed E-state index contributed by atoms with van der Waals surface area (Å²) < 4.78 is 54.1. The van der Waals surface area contributed by atoms with Crippen LogP contribution in [0.2, 0.25) is 0 Å². The highest BCUT2D eigenvalue weighted by atomic mass is 19.4. The third-order valence-electron chi connectivity index (χ3n) is 6.78. The van der Waals surface area contributed by atoms with Gasteiger partial charge in [0, 0.05) is 31.6 Å². The summed E-state index contributed by atoms with van der Waals surface area (Å²) in [4.78, 5) is 22.9. The molecule has 2 heterocycles. The Bertz CT molecular complexity index is 1080. The number of halogens is 4. The molecule has 0 bridgehead atoms. The van der Waals surface area contributed by atoms with Crippen LogP contribution in [-0.2, 0) is 17.5 Å². The van der Waals surface area contributed by atoms with Gasteiger partial charge in [-0.2, -0.15) is 17.6 Å². The number of rotatable bonds is 9. The van der Waals surface area contributed by atoms with Crippen LogP contribution in [0.1, 0.15) is 37.3 Å². The van der Waals surface area contributed by atoms with Gasteiger partial charge in [0.25, 0.3) is 0 Å². The first kappa shape index (κ1) is 26.1. The number of nitrogens with one attached hydrogen (secondary N) is 1. The highest BCUT2D eigenvalue weighted by Gasteiger charge is 2.38. The zero-order chi connectivity index (χ0) is 26.1. The normalized spacial score (nSPS) is 22.9. The number of hydrogen-bond donors (Lipinski definition) is 3. The lowest BCUT2D eigenvalue weighted by Crippen LogP contribution is -2.55. The van der Waals surface area contributed by atoms with Crippen molar-refractivity contribution >= 4 is 17.5 Å². The van der Waals surface area contributed by atoms with E-state index < -0.39 is 29.1 Å². The lowest BCUT2D eigenvalue weighted by atomic mass is 9.82. The van der Waals surface area contributed by atoms with Crippen molar-refractivity contribution in [3.05, 3.63) is 47.5 Å². The van der Waals surface area contributed by atoms with Gasteiger partial charge < -0.3 is 21.1 Å². The average Bonchev–Trinajstić information content (AvgIpc) is 3.62. The van der Waals surface area contributed by atoms with Gasteiger partial charge in [0.2, 0.25) is 11.7 Å². The topological polar surface area (TPSA) is 108 Å². The van der Waals surface area contributed by atoms with Gasteiger partial charge in [0.1, 0.15) is 6.33 Å². The lowest BCUT2D eigenvalue weighted by Gasteiger charge is -2.42. The fourth-order valence-corrected chi connectivity index (χ4v) is 4.65. The lowest BCUT2D eigenvalue weighted by molar-refractivity contribution is -0.137. The van der Waals surface area contributed by atoms with Gasteiger partial charge >= 0.3 is 6.18 Å². The number of piperidine rings is 1. The smallest absolute Gasteiger partial charge is 0.388 e. The van der Waals surface area contributed by atoms with Crippen molar-refractivity contribution in [2.24, 2.45) is 11.7 Å². The van der Waals surface area contributed by atoms with Crippen molar-refractivity contribution in [2.75, 3.05) is 36.4 Å². The average molecular weight is 511 g/mol. The first-order valence-corrected chi connectivity index (χ1v) is 11.8. The van der Waals surface area contributed by atoms with Crippen molar-refractivity contribution in [2.45, 2.75) is 50.6 Å². The molecular weight excluding hydrogens is 480 g/mol. The molecule has 0 radical (unpaired) electrons. The van der Waals surface area contributed by atoms with E-state index in [1.54, 1.807) is 16.7 Å². The Balaban J connectivity index is 1.45. The fraction of sp³-hybridized carbons (Fsp3) is 0.542. The second-order valence-corrected chi connectivity index (χ2v) is 9.81. The maximum absolute atomic E-state index is 15.5. The van der Waals surface area contributed by atoms with E-state index in [1.165, 1.54) is 18.5 Å². The highest BCUT2D eigenvalue weighted by Crippen LogP contribution is 2.36. The van der Waals surface area contributed by atoms with Crippen LogP contribution in [-0.4, -0.2) is 63.7 Å². The molecule has 1 aromatic heterocycles. The van der Waals surface area contributed by atoms with Gasteiger partial charge in [-0.15, -0.1) is 0 Å². The third-order valence-corrected chi connectivity index (χ3v) is 6.78. The number of β-amino-alcohol motifs (C(OH)–C–C–N with tert-alkyl or cyclic N) is 1.